The van der Waals surface area contributed by atoms with Crippen molar-refractivity contribution in [3.8, 4) is 0 Å². The quantitative estimate of drug-likeness (QED) is 0.795. The van der Waals surface area contributed by atoms with Gasteiger partial charge in [-0.15, -0.1) is 11.3 Å². The molecule has 0 aliphatic rings. The summed E-state index contributed by atoms with van der Waals surface area (Å²) in [6.07, 6.45) is 2.75. The number of fused-ring (bicyclic) bond motifs is 1. The van der Waals surface area contributed by atoms with Gasteiger partial charge in [0.2, 0.25) is 0 Å². The fraction of sp³-hybridized carbons (Fsp3) is 0.294. The number of pyridine rings is 1. The number of aromatic nitrogens is 2. The van der Waals surface area contributed by atoms with Gasteiger partial charge in [-0.1, -0.05) is 24.3 Å². The second kappa shape index (κ2) is 5.92. The van der Waals surface area contributed by atoms with Gasteiger partial charge in [0.15, 0.2) is 0 Å². The molecule has 3 aromatic rings. The number of nitrogens with one attached hydrogen (secondary N) is 1. The molecule has 0 amide bonds. The third-order valence-electron chi connectivity index (χ3n) is 3.84. The van der Waals surface area contributed by atoms with Gasteiger partial charge in [0.1, 0.15) is 0 Å². The van der Waals surface area contributed by atoms with E-state index in [-0.39, 0.29) is 6.04 Å². The predicted molar refractivity (Wildman–Crippen MR) is 88.8 cm³/mol. The third kappa shape index (κ3) is 2.82. The van der Waals surface area contributed by atoms with Gasteiger partial charge in [0.25, 0.3) is 0 Å². The minimum Gasteiger partial charge on any atom is -0.313 e. The zero-order valence-corrected chi connectivity index (χ0v) is 13.4. The van der Waals surface area contributed by atoms with E-state index in [1.807, 2.05) is 19.3 Å². The fourth-order valence-corrected chi connectivity index (χ4v) is 3.56. The van der Waals surface area contributed by atoms with Crippen molar-refractivity contribution in [2.75, 3.05) is 7.05 Å². The van der Waals surface area contributed by atoms with E-state index < -0.39 is 0 Å². The van der Waals surface area contributed by atoms with Gasteiger partial charge < -0.3 is 5.32 Å². The molecule has 2 heterocycles. The maximum absolute atomic E-state index is 4.66. The van der Waals surface area contributed by atoms with Gasteiger partial charge in [-0.25, -0.2) is 4.98 Å². The molecule has 0 bridgehead atoms. The van der Waals surface area contributed by atoms with E-state index in [4.69, 9.17) is 0 Å². The summed E-state index contributed by atoms with van der Waals surface area (Å²) in [4.78, 5) is 10.5. The molecule has 1 atom stereocenters. The largest absolute Gasteiger partial charge is 0.313 e. The molecule has 0 spiro atoms. The molecular weight excluding hydrogens is 278 g/mol. The Morgan fingerprint density at radius 2 is 2.00 bits per heavy atom. The summed E-state index contributed by atoms with van der Waals surface area (Å²) in [5.74, 6) is 0. The Morgan fingerprint density at radius 1 is 1.19 bits per heavy atom. The van der Waals surface area contributed by atoms with Crippen molar-refractivity contribution in [1.29, 1.82) is 0 Å². The van der Waals surface area contributed by atoms with E-state index >= 15 is 0 Å². The van der Waals surface area contributed by atoms with E-state index in [1.54, 1.807) is 11.3 Å². The Bertz CT molecular complexity index is 739. The molecule has 0 saturated carbocycles. The normalized spacial score (nSPS) is 12.7. The van der Waals surface area contributed by atoms with Crippen LogP contribution in [0.2, 0.25) is 0 Å². The third-order valence-corrected chi connectivity index (χ3v) is 4.93. The summed E-state index contributed by atoms with van der Waals surface area (Å²) >= 11 is 1.79. The molecule has 0 saturated heterocycles. The van der Waals surface area contributed by atoms with Crippen LogP contribution in [0.3, 0.4) is 0 Å². The molecule has 1 N–H and O–H groups in total. The van der Waals surface area contributed by atoms with Gasteiger partial charge in [-0.05, 0) is 32.5 Å². The van der Waals surface area contributed by atoms with E-state index in [0.29, 0.717) is 0 Å². The number of rotatable bonds is 4. The van der Waals surface area contributed by atoms with Crippen molar-refractivity contribution in [1.82, 2.24) is 15.3 Å². The molecule has 4 heteroatoms. The number of nitrogens with zero attached hydrogens (tertiary/aromatic N) is 2. The number of para-hydroxylation sites is 1. The first kappa shape index (κ1) is 14.2. The highest BCUT2D eigenvalue weighted by atomic mass is 32.1. The fourth-order valence-electron chi connectivity index (χ4n) is 2.58. The Labute approximate surface area is 129 Å². The second-order valence-corrected chi connectivity index (χ2v) is 6.50. The highest BCUT2D eigenvalue weighted by Gasteiger charge is 2.16. The Balaban J connectivity index is 1.98. The van der Waals surface area contributed by atoms with Crippen molar-refractivity contribution < 1.29 is 0 Å². The maximum Gasteiger partial charge on any atom is 0.0949 e. The van der Waals surface area contributed by atoms with Crippen LogP contribution >= 0.6 is 11.3 Å². The van der Waals surface area contributed by atoms with Crippen LogP contribution in [0.4, 0.5) is 0 Å². The monoisotopic (exact) mass is 297 g/mol. The number of hydrogen-bond acceptors (Lipinski definition) is 4. The lowest BCUT2D eigenvalue weighted by Gasteiger charge is -2.17. The van der Waals surface area contributed by atoms with Gasteiger partial charge in [-0.2, -0.15) is 0 Å². The molecule has 0 fully saturated rings. The number of aryl methyl sites for hydroxylation is 2. The molecule has 0 aliphatic carbocycles. The summed E-state index contributed by atoms with van der Waals surface area (Å²) in [5, 5.41) is 5.77. The minimum atomic E-state index is 0.230. The van der Waals surface area contributed by atoms with Gasteiger partial charge in [-0.3, -0.25) is 4.98 Å². The second-order valence-electron chi connectivity index (χ2n) is 5.22. The summed E-state index contributed by atoms with van der Waals surface area (Å²) in [5.41, 5.74) is 3.45. The van der Waals surface area contributed by atoms with Crippen LogP contribution in [0.1, 0.15) is 27.2 Å². The van der Waals surface area contributed by atoms with Gasteiger partial charge in [0, 0.05) is 28.9 Å². The van der Waals surface area contributed by atoms with Crippen molar-refractivity contribution in [2.45, 2.75) is 26.3 Å². The molecule has 3 nitrogen and oxygen atoms in total. The van der Waals surface area contributed by atoms with Crippen molar-refractivity contribution >= 4 is 22.2 Å². The molecule has 21 heavy (non-hydrogen) atoms. The van der Waals surface area contributed by atoms with Crippen molar-refractivity contribution in [3.05, 3.63) is 57.7 Å². The van der Waals surface area contributed by atoms with Crippen LogP contribution in [0.5, 0.6) is 0 Å². The van der Waals surface area contributed by atoms with E-state index in [9.17, 15) is 0 Å². The van der Waals surface area contributed by atoms with Gasteiger partial charge >= 0.3 is 0 Å². The lowest BCUT2D eigenvalue weighted by atomic mass is 10.0. The Kier molecular flexibility index (Phi) is 3.99. The van der Waals surface area contributed by atoms with Crippen molar-refractivity contribution in [2.24, 2.45) is 0 Å². The highest BCUT2D eigenvalue weighted by molar-refractivity contribution is 7.11. The zero-order valence-electron chi connectivity index (χ0n) is 12.6. The lowest BCUT2D eigenvalue weighted by Crippen LogP contribution is -2.19. The van der Waals surface area contributed by atoms with Gasteiger partial charge in [0.05, 0.1) is 16.2 Å². The molecule has 1 unspecified atom stereocenters. The molecule has 1 aromatic carbocycles. The zero-order chi connectivity index (χ0) is 14.8. The molecule has 2 aromatic heterocycles. The maximum atomic E-state index is 4.66. The molecule has 3 rings (SSSR count). The van der Waals surface area contributed by atoms with Crippen LogP contribution < -0.4 is 5.32 Å². The van der Waals surface area contributed by atoms with Crippen LogP contribution in [-0.4, -0.2) is 17.0 Å². The average Bonchev–Trinajstić information content (AvgIpc) is 2.82. The Morgan fingerprint density at radius 3 is 2.71 bits per heavy atom. The van der Waals surface area contributed by atoms with Crippen LogP contribution in [0.25, 0.3) is 10.9 Å². The summed E-state index contributed by atoms with van der Waals surface area (Å²) in [6, 6.07) is 10.7. The molecule has 0 radical (unpaired) electrons. The minimum absolute atomic E-state index is 0.230. The van der Waals surface area contributed by atoms with E-state index in [2.05, 4.69) is 53.4 Å². The molecule has 0 aliphatic heterocycles. The number of likely N-dealkylation sites (N-methyl/N-ethyl adjacent to an activating group) is 1. The number of hydrogen-bond donors (Lipinski definition) is 1. The first-order valence-electron chi connectivity index (χ1n) is 7.13. The van der Waals surface area contributed by atoms with Crippen LogP contribution in [0.15, 0.2) is 36.5 Å². The van der Waals surface area contributed by atoms with Crippen molar-refractivity contribution in [3.63, 3.8) is 0 Å². The SMILES string of the molecule is CNC(Cc1nc(C)c(C)s1)c1cccc2cccnc12. The first-order chi connectivity index (χ1) is 10.2. The summed E-state index contributed by atoms with van der Waals surface area (Å²) in [6.45, 7) is 4.20. The lowest BCUT2D eigenvalue weighted by molar-refractivity contribution is 0.593. The predicted octanol–water partition coefficient (Wildman–Crippen LogP) is 3.81. The number of benzene rings is 1. The molecule has 108 valence electrons. The molecular formula is C17H19N3S. The average molecular weight is 297 g/mol. The summed E-state index contributed by atoms with van der Waals surface area (Å²) in [7, 11) is 2.00. The van der Waals surface area contributed by atoms with E-state index in [0.717, 1.165) is 17.6 Å². The highest BCUT2D eigenvalue weighted by Crippen LogP contribution is 2.27. The smallest absolute Gasteiger partial charge is 0.0949 e. The van der Waals surface area contributed by atoms with E-state index in [1.165, 1.54) is 20.8 Å². The first-order valence-corrected chi connectivity index (χ1v) is 7.94. The Hall–Kier alpha value is -1.78. The van der Waals surface area contributed by atoms with Crippen LogP contribution in [0, 0.1) is 13.8 Å². The number of thiazole rings is 1. The van der Waals surface area contributed by atoms with Crippen LogP contribution in [-0.2, 0) is 6.42 Å². The summed E-state index contributed by atoms with van der Waals surface area (Å²) < 4.78 is 0. The standard InChI is InChI=1S/C17H19N3S/c1-11-12(2)21-16(20-11)10-15(18-3)14-8-4-6-13-7-5-9-19-17(13)14/h4-9,15,18H,10H2,1-3H3. The topological polar surface area (TPSA) is 37.8 Å².